The summed E-state index contributed by atoms with van der Waals surface area (Å²) in [5, 5.41) is 3.60. The molecule has 0 saturated carbocycles. The van der Waals surface area contributed by atoms with E-state index in [4.69, 9.17) is 23.2 Å². The highest BCUT2D eigenvalue weighted by atomic mass is 35.5. The Kier molecular flexibility index (Phi) is 6.19. The number of carbonyl (C=O) groups is 1. The third-order valence-electron chi connectivity index (χ3n) is 4.65. The predicted octanol–water partition coefficient (Wildman–Crippen LogP) is 3.58. The normalized spacial score (nSPS) is 17.1. The molecule has 0 spiro atoms. The van der Waals surface area contributed by atoms with E-state index in [1.54, 1.807) is 25.1 Å². The van der Waals surface area contributed by atoms with Crippen LogP contribution in [0.4, 0.5) is 4.79 Å². The largest absolute Gasteiger partial charge is 0.338 e. The molecule has 2 amide bonds. The molecule has 0 radical (unpaired) electrons. The molecule has 1 aliphatic heterocycles. The Hall–Kier alpha value is -1.80. The third-order valence-corrected chi connectivity index (χ3v) is 6.55. The Morgan fingerprint density at radius 2 is 1.89 bits per heavy atom. The number of nitrogens with one attached hydrogen (secondary N) is 2. The number of sulfonamides is 1. The lowest BCUT2D eigenvalue weighted by Crippen LogP contribution is -2.39. The monoisotopic (exact) mass is 441 g/mol. The predicted molar refractivity (Wildman–Crippen MR) is 110 cm³/mol. The van der Waals surface area contributed by atoms with Crippen molar-refractivity contribution in [2.24, 2.45) is 0 Å². The SMILES string of the molecule is CCNC(=O)NS(=O)(=O)c1ccc(C2CN(C)Cc3c(Cl)cc(Cl)cc32)cc1. The highest BCUT2D eigenvalue weighted by molar-refractivity contribution is 7.90. The average molecular weight is 442 g/mol. The van der Waals surface area contributed by atoms with Gasteiger partial charge in [0, 0.05) is 35.6 Å². The van der Waals surface area contributed by atoms with Gasteiger partial charge in [-0.15, -0.1) is 0 Å². The first-order valence-electron chi connectivity index (χ1n) is 8.78. The molecule has 28 heavy (non-hydrogen) atoms. The van der Waals surface area contributed by atoms with Crippen LogP contribution in [0.15, 0.2) is 41.3 Å². The van der Waals surface area contributed by atoms with Crippen molar-refractivity contribution >= 4 is 39.3 Å². The van der Waals surface area contributed by atoms with Gasteiger partial charge in [-0.1, -0.05) is 35.3 Å². The van der Waals surface area contributed by atoms with Gasteiger partial charge in [-0.3, -0.25) is 0 Å². The van der Waals surface area contributed by atoms with Crippen LogP contribution < -0.4 is 10.0 Å². The maximum atomic E-state index is 12.3. The van der Waals surface area contributed by atoms with Gasteiger partial charge >= 0.3 is 6.03 Å². The standard InChI is InChI=1S/C19H21Cl2N3O3S/c1-3-22-19(25)23-28(26,27)14-6-4-12(5-7-14)16-10-24(2)11-17-15(16)8-13(20)9-18(17)21/h4-9,16H,3,10-11H2,1-2H3,(H2,22,23,25). The smallest absolute Gasteiger partial charge is 0.328 e. The molecule has 1 heterocycles. The van der Waals surface area contributed by atoms with Gasteiger partial charge in [0.2, 0.25) is 0 Å². The Bertz CT molecular complexity index is 994. The number of amides is 2. The van der Waals surface area contributed by atoms with Crippen molar-refractivity contribution in [1.82, 2.24) is 14.9 Å². The van der Waals surface area contributed by atoms with Gasteiger partial charge in [-0.25, -0.2) is 17.9 Å². The van der Waals surface area contributed by atoms with E-state index in [1.165, 1.54) is 12.1 Å². The minimum absolute atomic E-state index is 0.0121. The van der Waals surface area contributed by atoms with E-state index < -0.39 is 16.1 Å². The number of hydrogen-bond acceptors (Lipinski definition) is 4. The number of benzene rings is 2. The lowest BCUT2D eigenvalue weighted by atomic mass is 9.85. The number of fused-ring (bicyclic) bond motifs is 1. The quantitative estimate of drug-likeness (QED) is 0.759. The molecule has 150 valence electrons. The summed E-state index contributed by atoms with van der Waals surface area (Å²) >= 11 is 12.6. The highest BCUT2D eigenvalue weighted by Crippen LogP contribution is 2.38. The van der Waals surface area contributed by atoms with Crippen molar-refractivity contribution in [3.05, 3.63) is 63.1 Å². The van der Waals surface area contributed by atoms with E-state index in [0.29, 0.717) is 16.6 Å². The second-order valence-corrected chi connectivity index (χ2v) is 9.26. The summed E-state index contributed by atoms with van der Waals surface area (Å²) in [6.07, 6.45) is 0. The van der Waals surface area contributed by atoms with Crippen LogP contribution in [0.5, 0.6) is 0 Å². The Morgan fingerprint density at radius 1 is 1.21 bits per heavy atom. The van der Waals surface area contributed by atoms with Gasteiger partial charge in [0.1, 0.15) is 0 Å². The number of urea groups is 1. The van der Waals surface area contributed by atoms with Crippen molar-refractivity contribution in [2.45, 2.75) is 24.3 Å². The number of carbonyl (C=O) groups excluding carboxylic acids is 1. The number of hydrogen-bond donors (Lipinski definition) is 2. The zero-order valence-corrected chi connectivity index (χ0v) is 17.8. The van der Waals surface area contributed by atoms with Gasteiger partial charge < -0.3 is 10.2 Å². The fourth-order valence-electron chi connectivity index (χ4n) is 3.39. The molecule has 0 saturated heterocycles. The first-order chi connectivity index (χ1) is 13.2. The second-order valence-electron chi connectivity index (χ2n) is 6.74. The topological polar surface area (TPSA) is 78.5 Å². The Balaban J connectivity index is 1.92. The molecule has 0 fully saturated rings. The van der Waals surface area contributed by atoms with Crippen LogP contribution in [0.2, 0.25) is 10.0 Å². The summed E-state index contributed by atoms with van der Waals surface area (Å²) < 4.78 is 26.6. The van der Waals surface area contributed by atoms with Crippen LogP contribution in [0.25, 0.3) is 0 Å². The highest BCUT2D eigenvalue weighted by Gasteiger charge is 2.27. The first-order valence-corrected chi connectivity index (χ1v) is 11.0. The molecular weight excluding hydrogens is 421 g/mol. The molecule has 3 rings (SSSR count). The summed E-state index contributed by atoms with van der Waals surface area (Å²) in [6.45, 7) is 3.52. The van der Waals surface area contributed by atoms with Gasteiger partial charge in [0.25, 0.3) is 10.0 Å². The molecular formula is C19H21Cl2N3O3S. The van der Waals surface area contributed by atoms with E-state index in [2.05, 4.69) is 10.2 Å². The molecule has 2 N–H and O–H groups in total. The van der Waals surface area contributed by atoms with Crippen molar-refractivity contribution < 1.29 is 13.2 Å². The fraction of sp³-hybridized carbons (Fsp3) is 0.316. The van der Waals surface area contributed by atoms with E-state index in [9.17, 15) is 13.2 Å². The van der Waals surface area contributed by atoms with Crippen LogP contribution in [-0.2, 0) is 16.6 Å². The van der Waals surface area contributed by atoms with Crippen LogP contribution in [0.3, 0.4) is 0 Å². The summed E-state index contributed by atoms with van der Waals surface area (Å²) in [6, 6.07) is 9.42. The average Bonchev–Trinajstić information content (AvgIpc) is 2.62. The molecule has 0 bridgehead atoms. The maximum Gasteiger partial charge on any atom is 0.328 e. The van der Waals surface area contributed by atoms with Crippen LogP contribution in [0.1, 0.15) is 29.5 Å². The maximum absolute atomic E-state index is 12.3. The van der Waals surface area contributed by atoms with E-state index in [1.807, 2.05) is 17.8 Å². The molecule has 1 atom stereocenters. The van der Waals surface area contributed by atoms with E-state index in [0.717, 1.165) is 29.8 Å². The number of nitrogens with zero attached hydrogens (tertiary/aromatic N) is 1. The summed E-state index contributed by atoms with van der Waals surface area (Å²) in [5.41, 5.74) is 3.02. The molecule has 2 aromatic rings. The Labute approximate surface area is 174 Å². The lowest BCUT2D eigenvalue weighted by molar-refractivity contribution is 0.246. The molecule has 6 nitrogen and oxygen atoms in total. The Morgan fingerprint density at radius 3 is 2.54 bits per heavy atom. The van der Waals surface area contributed by atoms with Crippen molar-refractivity contribution in [1.29, 1.82) is 0 Å². The molecule has 0 aliphatic carbocycles. The van der Waals surface area contributed by atoms with E-state index in [-0.39, 0.29) is 10.8 Å². The summed E-state index contributed by atoms with van der Waals surface area (Å²) in [7, 11) is -1.92. The summed E-state index contributed by atoms with van der Waals surface area (Å²) in [4.78, 5) is 13.7. The minimum Gasteiger partial charge on any atom is -0.338 e. The number of likely N-dealkylation sites (N-methyl/N-ethyl adjacent to an activating group) is 1. The fourth-order valence-corrected chi connectivity index (χ4v) is 4.88. The summed E-state index contributed by atoms with van der Waals surface area (Å²) in [5.74, 6) is 0.0121. The second kappa shape index (κ2) is 8.29. The molecule has 0 aromatic heterocycles. The van der Waals surface area contributed by atoms with Crippen molar-refractivity contribution in [3.63, 3.8) is 0 Å². The van der Waals surface area contributed by atoms with Crippen molar-refractivity contribution in [3.8, 4) is 0 Å². The molecule has 9 heteroatoms. The zero-order valence-electron chi connectivity index (χ0n) is 15.5. The van der Waals surface area contributed by atoms with Gasteiger partial charge in [0.05, 0.1) is 4.90 Å². The third kappa shape index (κ3) is 4.43. The molecule has 2 aromatic carbocycles. The number of rotatable bonds is 4. The van der Waals surface area contributed by atoms with Crippen LogP contribution >= 0.6 is 23.2 Å². The molecule has 1 unspecified atom stereocenters. The van der Waals surface area contributed by atoms with E-state index >= 15 is 0 Å². The minimum atomic E-state index is -3.93. The molecule has 1 aliphatic rings. The van der Waals surface area contributed by atoms with Gasteiger partial charge in [-0.2, -0.15) is 0 Å². The van der Waals surface area contributed by atoms with Crippen molar-refractivity contribution in [2.75, 3.05) is 20.1 Å². The first kappa shape index (κ1) is 20.9. The van der Waals surface area contributed by atoms with Crippen LogP contribution in [-0.4, -0.2) is 39.5 Å². The number of halogens is 2. The lowest BCUT2D eigenvalue weighted by Gasteiger charge is -2.33. The van der Waals surface area contributed by atoms with Gasteiger partial charge in [0.15, 0.2) is 0 Å². The van der Waals surface area contributed by atoms with Crippen LogP contribution in [0, 0.1) is 0 Å². The van der Waals surface area contributed by atoms with Gasteiger partial charge in [-0.05, 0) is 54.9 Å². The zero-order chi connectivity index (χ0) is 20.5.